The van der Waals surface area contributed by atoms with Gasteiger partial charge in [0.2, 0.25) is 5.91 Å². The van der Waals surface area contributed by atoms with Gasteiger partial charge < -0.3 is 15.2 Å². The zero-order chi connectivity index (χ0) is 19.2. The third-order valence-corrected chi connectivity index (χ3v) is 4.32. The number of halogens is 1. The van der Waals surface area contributed by atoms with Crippen molar-refractivity contribution in [2.24, 2.45) is 0 Å². The summed E-state index contributed by atoms with van der Waals surface area (Å²) in [4.78, 5) is 24.2. The van der Waals surface area contributed by atoms with E-state index < -0.39 is 5.60 Å². The Morgan fingerprint density at radius 3 is 2.50 bits per heavy atom. The molecular weight excluding hydrogens is 354 g/mol. The number of amides is 1. The summed E-state index contributed by atoms with van der Waals surface area (Å²) in [5.74, 6) is 0.165. The van der Waals surface area contributed by atoms with Crippen LogP contribution in [0.5, 0.6) is 5.75 Å². The van der Waals surface area contributed by atoms with Crippen LogP contribution < -0.4 is 10.1 Å². The molecule has 0 saturated carbocycles. The topological polar surface area (TPSA) is 75.6 Å². The fourth-order valence-corrected chi connectivity index (χ4v) is 2.56. The zero-order valence-corrected chi connectivity index (χ0v) is 15.5. The van der Waals surface area contributed by atoms with Gasteiger partial charge in [-0.05, 0) is 36.8 Å². The van der Waals surface area contributed by atoms with Crippen molar-refractivity contribution in [2.75, 3.05) is 13.7 Å². The Morgan fingerprint density at radius 1 is 1.15 bits per heavy atom. The standard InChI is InChI=1S/C20H22ClNO4/c1-20(25,15-6-8-16(21)9-7-15)13-22-19(24)11-10-18(23)14-4-3-5-17(12-14)26-2/h3-9,12,25H,10-11,13H2,1-2H3,(H,22,24). The lowest BCUT2D eigenvalue weighted by molar-refractivity contribution is -0.122. The molecule has 0 fully saturated rings. The highest BCUT2D eigenvalue weighted by atomic mass is 35.5. The summed E-state index contributed by atoms with van der Waals surface area (Å²) in [6.07, 6.45) is 0.134. The van der Waals surface area contributed by atoms with Crippen molar-refractivity contribution < 1.29 is 19.4 Å². The number of rotatable bonds is 8. The second kappa shape index (κ2) is 8.83. The number of benzene rings is 2. The quantitative estimate of drug-likeness (QED) is 0.694. The first kappa shape index (κ1) is 19.9. The Bertz CT molecular complexity index is 772. The Balaban J connectivity index is 1.84. The Labute approximate surface area is 157 Å². The van der Waals surface area contributed by atoms with E-state index in [1.165, 1.54) is 7.11 Å². The fourth-order valence-electron chi connectivity index (χ4n) is 2.44. The summed E-state index contributed by atoms with van der Waals surface area (Å²) in [5, 5.41) is 13.7. The molecule has 2 aromatic rings. The molecule has 0 aliphatic heterocycles. The molecule has 0 aliphatic carbocycles. The van der Waals surface area contributed by atoms with Crippen LogP contribution in [0.4, 0.5) is 0 Å². The van der Waals surface area contributed by atoms with Crippen molar-refractivity contribution >= 4 is 23.3 Å². The summed E-state index contributed by atoms with van der Waals surface area (Å²) in [6.45, 7) is 1.65. The highest BCUT2D eigenvalue weighted by Crippen LogP contribution is 2.21. The van der Waals surface area contributed by atoms with Crippen LogP contribution in [0.25, 0.3) is 0 Å². The molecule has 2 N–H and O–H groups in total. The zero-order valence-electron chi connectivity index (χ0n) is 14.8. The van der Waals surface area contributed by atoms with Gasteiger partial charge in [-0.2, -0.15) is 0 Å². The molecule has 0 saturated heterocycles. The predicted octanol–water partition coefficient (Wildman–Crippen LogP) is 3.34. The van der Waals surface area contributed by atoms with Gasteiger partial charge in [-0.1, -0.05) is 35.9 Å². The largest absolute Gasteiger partial charge is 0.497 e. The lowest BCUT2D eigenvalue weighted by Crippen LogP contribution is -2.38. The first-order valence-electron chi connectivity index (χ1n) is 8.24. The predicted molar refractivity (Wildman–Crippen MR) is 101 cm³/mol. The van der Waals surface area contributed by atoms with E-state index in [1.54, 1.807) is 55.5 Å². The van der Waals surface area contributed by atoms with E-state index >= 15 is 0 Å². The summed E-state index contributed by atoms with van der Waals surface area (Å²) in [7, 11) is 1.53. The first-order chi connectivity index (χ1) is 12.3. The number of aliphatic hydroxyl groups is 1. The number of Topliss-reactive ketones (excluding diaryl/α,β-unsaturated/α-hetero) is 1. The number of carbonyl (C=O) groups excluding carboxylic acids is 2. The van der Waals surface area contributed by atoms with Crippen LogP contribution in [-0.4, -0.2) is 30.5 Å². The molecule has 2 aromatic carbocycles. The van der Waals surface area contributed by atoms with Crippen LogP contribution in [0, 0.1) is 0 Å². The normalized spacial score (nSPS) is 12.9. The molecule has 26 heavy (non-hydrogen) atoms. The number of hydrogen-bond donors (Lipinski definition) is 2. The van der Waals surface area contributed by atoms with Crippen molar-refractivity contribution in [3.8, 4) is 5.75 Å². The first-order valence-corrected chi connectivity index (χ1v) is 8.62. The molecule has 138 valence electrons. The van der Waals surface area contributed by atoms with Gasteiger partial charge in [-0.25, -0.2) is 0 Å². The van der Waals surface area contributed by atoms with Crippen molar-refractivity contribution in [3.63, 3.8) is 0 Å². The average molecular weight is 376 g/mol. The molecule has 1 unspecified atom stereocenters. The third-order valence-electron chi connectivity index (χ3n) is 4.07. The van der Waals surface area contributed by atoms with Gasteiger partial charge in [-0.3, -0.25) is 9.59 Å². The molecular formula is C20H22ClNO4. The van der Waals surface area contributed by atoms with Gasteiger partial charge in [0.15, 0.2) is 5.78 Å². The molecule has 0 radical (unpaired) electrons. The third kappa shape index (κ3) is 5.58. The lowest BCUT2D eigenvalue weighted by atomic mass is 9.96. The summed E-state index contributed by atoms with van der Waals surface area (Å²) < 4.78 is 5.09. The van der Waals surface area contributed by atoms with Crippen LogP contribution in [0.3, 0.4) is 0 Å². The van der Waals surface area contributed by atoms with Gasteiger partial charge in [0, 0.05) is 23.4 Å². The Hall–Kier alpha value is -2.37. The molecule has 1 amide bonds. The SMILES string of the molecule is COc1cccc(C(=O)CCC(=O)NCC(C)(O)c2ccc(Cl)cc2)c1. The molecule has 6 heteroatoms. The van der Waals surface area contributed by atoms with Crippen LogP contribution in [0.15, 0.2) is 48.5 Å². The summed E-state index contributed by atoms with van der Waals surface area (Å²) >= 11 is 5.84. The van der Waals surface area contributed by atoms with Crippen LogP contribution in [0.2, 0.25) is 5.02 Å². The minimum Gasteiger partial charge on any atom is -0.497 e. The van der Waals surface area contributed by atoms with E-state index in [4.69, 9.17) is 16.3 Å². The van der Waals surface area contributed by atoms with E-state index in [2.05, 4.69) is 5.32 Å². The average Bonchev–Trinajstić information content (AvgIpc) is 2.65. The molecule has 5 nitrogen and oxygen atoms in total. The molecule has 1 atom stereocenters. The maximum Gasteiger partial charge on any atom is 0.220 e. The number of nitrogens with one attached hydrogen (secondary N) is 1. The second-order valence-corrected chi connectivity index (χ2v) is 6.65. The number of hydrogen-bond acceptors (Lipinski definition) is 4. The van der Waals surface area contributed by atoms with Gasteiger partial charge in [0.25, 0.3) is 0 Å². The summed E-state index contributed by atoms with van der Waals surface area (Å²) in [5.41, 5.74) is -0.0724. The molecule has 0 heterocycles. The second-order valence-electron chi connectivity index (χ2n) is 6.21. The van der Waals surface area contributed by atoms with E-state index in [0.29, 0.717) is 21.9 Å². The number of ether oxygens (including phenoxy) is 1. The van der Waals surface area contributed by atoms with Crippen molar-refractivity contribution in [2.45, 2.75) is 25.4 Å². The Morgan fingerprint density at radius 2 is 1.85 bits per heavy atom. The van der Waals surface area contributed by atoms with Gasteiger partial charge in [0.05, 0.1) is 13.7 Å². The number of carbonyl (C=O) groups is 2. The van der Waals surface area contributed by atoms with Crippen molar-refractivity contribution in [1.29, 1.82) is 0 Å². The molecule has 0 spiro atoms. The van der Waals surface area contributed by atoms with Gasteiger partial charge >= 0.3 is 0 Å². The molecule has 2 rings (SSSR count). The van der Waals surface area contributed by atoms with Crippen LogP contribution in [-0.2, 0) is 10.4 Å². The lowest BCUT2D eigenvalue weighted by Gasteiger charge is -2.24. The van der Waals surface area contributed by atoms with Crippen molar-refractivity contribution in [3.05, 3.63) is 64.7 Å². The summed E-state index contributed by atoms with van der Waals surface area (Å²) in [6, 6.07) is 13.6. The smallest absolute Gasteiger partial charge is 0.220 e. The fraction of sp³-hybridized carbons (Fsp3) is 0.300. The van der Waals surface area contributed by atoms with Gasteiger partial charge in [0.1, 0.15) is 11.4 Å². The van der Waals surface area contributed by atoms with E-state index in [-0.39, 0.29) is 31.1 Å². The molecule has 0 aliphatic rings. The van der Waals surface area contributed by atoms with Crippen LogP contribution >= 0.6 is 11.6 Å². The minimum absolute atomic E-state index is 0.0425. The number of methoxy groups -OCH3 is 1. The van der Waals surface area contributed by atoms with E-state index in [9.17, 15) is 14.7 Å². The van der Waals surface area contributed by atoms with E-state index in [1.807, 2.05) is 0 Å². The van der Waals surface area contributed by atoms with Crippen LogP contribution in [0.1, 0.15) is 35.7 Å². The molecule has 0 bridgehead atoms. The maximum absolute atomic E-state index is 12.2. The maximum atomic E-state index is 12.2. The van der Waals surface area contributed by atoms with Crippen molar-refractivity contribution in [1.82, 2.24) is 5.32 Å². The van der Waals surface area contributed by atoms with Gasteiger partial charge in [-0.15, -0.1) is 0 Å². The number of ketones is 1. The highest BCUT2D eigenvalue weighted by Gasteiger charge is 2.23. The van der Waals surface area contributed by atoms with E-state index in [0.717, 1.165) is 0 Å². The Kier molecular flexibility index (Phi) is 6.77. The monoisotopic (exact) mass is 375 g/mol. The molecule has 0 aromatic heterocycles. The highest BCUT2D eigenvalue weighted by molar-refractivity contribution is 6.30. The minimum atomic E-state index is -1.23.